The van der Waals surface area contributed by atoms with Crippen molar-refractivity contribution in [2.24, 2.45) is 0 Å². The van der Waals surface area contributed by atoms with E-state index in [2.05, 4.69) is 12.1 Å². The first-order valence-electron chi connectivity index (χ1n) is 6.69. The van der Waals surface area contributed by atoms with Crippen molar-refractivity contribution in [3.63, 3.8) is 0 Å². The van der Waals surface area contributed by atoms with Crippen LogP contribution >= 0.6 is 11.6 Å². The number of nitrogens with two attached hydrogens (primary N) is 1. The van der Waals surface area contributed by atoms with Gasteiger partial charge in [-0.1, -0.05) is 41.9 Å². The molecular weight excluding hydrogens is 282 g/mol. The lowest BCUT2D eigenvalue weighted by atomic mass is 10.0. The van der Waals surface area contributed by atoms with E-state index in [9.17, 15) is 0 Å². The second-order valence-corrected chi connectivity index (χ2v) is 5.45. The van der Waals surface area contributed by atoms with Crippen LogP contribution in [-0.2, 0) is 0 Å². The number of fused-ring (bicyclic) bond motifs is 3. The zero-order valence-corrected chi connectivity index (χ0v) is 11.9. The largest absolute Gasteiger partial charge is 0.456 e. The van der Waals surface area contributed by atoms with Crippen LogP contribution in [0, 0.1) is 0 Å². The Morgan fingerprint density at radius 1 is 0.762 bits per heavy atom. The summed E-state index contributed by atoms with van der Waals surface area (Å²) >= 11 is 6.11. The predicted molar refractivity (Wildman–Crippen MR) is 88.6 cm³/mol. The summed E-state index contributed by atoms with van der Waals surface area (Å²) in [5, 5.41) is 2.80. The van der Waals surface area contributed by atoms with E-state index < -0.39 is 0 Å². The van der Waals surface area contributed by atoms with E-state index in [-0.39, 0.29) is 0 Å². The number of nitrogen functional groups attached to an aromatic ring is 1. The molecule has 0 bridgehead atoms. The molecule has 0 aliphatic carbocycles. The fourth-order valence-corrected chi connectivity index (χ4v) is 2.79. The van der Waals surface area contributed by atoms with E-state index in [1.54, 1.807) is 0 Å². The fraction of sp³-hybridized carbons (Fsp3) is 0. The number of hydrogen-bond acceptors (Lipinski definition) is 2. The van der Waals surface area contributed by atoms with Gasteiger partial charge in [-0.3, -0.25) is 0 Å². The van der Waals surface area contributed by atoms with E-state index in [0.29, 0.717) is 10.7 Å². The minimum atomic E-state index is 0.574. The van der Waals surface area contributed by atoms with Crippen molar-refractivity contribution >= 4 is 39.2 Å². The van der Waals surface area contributed by atoms with Gasteiger partial charge < -0.3 is 10.2 Å². The maximum atomic E-state index is 6.11. The standard InChI is InChI=1S/C18H12ClNO/c19-15-10-12(5-7-16(15)20)11-6-8-18-14(9-11)13-3-1-2-4-17(13)21-18/h1-10H,20H2. The lowest BCUT2D eigenvalue weighted by Crippen LogP contribution is -1.86. The Labute approximate surface area is 126 Å². The quantitative estimate of drug-likeness (QED) is 0.471. The van der Waals surface area contributed by atoms with Crippen molar-refractivity contribution in [1.82, 2.24) is 0 Å². The first-order chi connectivity index (χ1) is 10.2. The molecule has 0 spiro atoms. The van der Waals surface area contributed by atoms with Gasteiger partial charge in [-0.2, -0.15) is 0 Å². The summed E-state index contributed by atoms with van der Waals surface area (Å²) in [7, 11) is 0. The number of furan rings is 1. The molecule has 3 heteroatoms. The molecule has 0 amide bonds. The Morgan fingerprint density at radius 3 is 2.33 bits per heavy atom. The van der Waals surface area contributed by atoms with Crippen LogP contribution in [0.25, 0.3) is 33.1 Å². The molecule has 0 radical (unpaired) electrons. The van der Waals surface area contributed by atoms with Gasteiger partial charge >= 0.3 is 0 Å². The Hall–Kier alpha value is -2.45. The topological polar surface area (TPSA) is 39.2 Å². The molecule has 0 aliphatic rings. The number of halogens is 1. The van der Waals surface area contributed by atoms with Gasteiger partial charge in [0.05, 0.1) is 10.7 Å². The highest BCUT2D eigenvalue weighted by Crippen LogP contribution is 2.33. The third-order valence-electron chi connectivity index (χ3n) is 3.71. The maximum absolute atomic E-state index is 6.11. The molecule has 0 atom stereocenters. The molecule has 1 aromatic heterocycles. The van der Waals surface area contributed by atoms with Crippen molar-refractivity contribution in [1.29, 1.82) is 0 Å². The summed E-state index contributed by atoms with van der Waals surface area (Å²) < 4.78 is 5.84. The van der Waals surface area contributed by atoms with Gasteiger partial charge in [0.15, 0.2) is 0 Å². The summed E-state index contributed by atoms with van der Waals surface area (Å²) in [4.78, 5) is 0. The molecule has 0 fully saturated rings. The van der Waals surface area contributed by atoms with E-state index in [1.807, 2.05) is 48.5 Å². The normalized spacial score (nSPS) is 11.3. The average Bonchev–Trinajstić information content (AvgIpc) is 2.88. The Kier molecular flexibility index (Phi) is 2.66. The van der Waals surface area contributed by atoms with Crippen molar-refractivity contribution in [2.45, 2.75) is 0 Å². The lowest BCUT2D eigenvalue weighted by Gasteiger charge is -2.04. The van der Waals surface area contributed by atoms with Gasteiger partial charge in [0, 0.05) is 10.8 Å². The van der Waals surface area contributed by atoms with E-state index in [4.69, 9.17) is 21.8 Å². The third kappa shape index (κ3) is 1.96. The van der Waals surface area contributed by atoms with Crippen molar-refractivity contribution in [3.8, 4) is 11.1 Å². The van der Waals surface area contributed by atoms with E-state index in [0.717, 1.165) is 33.1 Å². The van der Waals surface area contributed by atoms with Crippen LogP contribution < -0.4 is 5.73 Å². The minimum absolute atomic E-state index is 0.574. The third-order valence-corrected chi connectivity index (χ3v) is 4.04. The first kappa shape index (κ1) is 12.3. The number of para-hydroxylation sites is 1. The molecule has 0 aliphatic heterocycles. The second-order valence-electron chi connectivity index (χ2n) is 5.05. The molecule has 3 aromatic carbocycles. The molecule has 21 heavy (non-hydrogen) atoms. The van der Waals surface area contributed by atoms with Crippen LogP contribution in [0.3, 0.4) is 0 Å². The summed E-state index contributed by atoms with van der Waals surface area (Å²) in [6, 6.07) is 19.9. The molecule has 0 unspecified atom stereocenters. The highest BCUT2D eigenvalue weighted by molar-refractivity contribution is 6.33. The van der Waals surface area contributed by atoms with Crippen LogP contribution in [0.2, 0.25) is 5.02 Å². The number of benzene rings is 3. The highest BCUT2D eigenvalue weighted by atomic mass is 35.5. The summed E-state index contributed by atoms with van der Waals surface area (Å²) in [6.45, 7) is 0. The SMILES string of the molecule is Nc1ccc(-c2ccc3oc4ccccc4c3c2)cc1Cl. The minimum Gasteiger partial charge on any atom is -0.456 e. The van der Waals surface area contributed by atoms with Crippen LogP contribution in [0.1, 0.15) is 0 Å². The van der Waals surface area contributed by atoms with Crippen LogP contribution in [0.5, 0.6) is 0 Å². The lowest BCUT2D eigenvalue weighted by molar-refractivity contribution is 0.669. The molecule has 0 saturated heterocycles. The van der Waals surface area contributed by atoms with Crippen molar-refractivity contribution in [3.05, 3.63) is 65.7 Å². The maximum Gasteiger partial charge on any atom is 0.135 e. The van der Waals surface area contributed by atoms with Gasteiger partial charge in [-0.25, -0.2) is 0 Å². The molecular formula is C18H12ClNO. The van der Waals surface area contributed by atoms with Gasteiger partial charge in [-0.05, 0) is 41.5 Å². The molecule has 2 nitrogen and oxygen atoms in total. The van der Waals surface area contributed by atoms with Crippen LogP contribution in [0.15, 0.2) is 65.1 Å². The fourth-order valence-electron chi connectivity index (χ4n) is 2.61. The number of hydrogen-bond donors (Lipinski definition) is 1. The zero-order valence-electron chi connectivity index (χ0n) is 11.1. The summed E-state index contributed by atoms with van der Waals surface area (Å²) in [5.74, 6) is 0. The second kappa shape index (κ2) is 4.54. The first-order valence-corrected chi connectivity index (χ1v) is 7.07. The molecule has 1 heterocycles. The average molecular weight is 294 g/mol. The summed E-state index contributed by atoms with van der Waals surface area (Å²) in [5.41, 5.74) is 10.3. The molecule has 102 valence electrons. The Balaban J connectivity index is 1.97. The van der Waals surface area contributed by atoms with Crippen LogP contribution in [-0.4, -0.2) is 0 Å². The van der Waals surface area contributed by atoms with Gasteiger partial charge in [0.2, 0.25) is 0 Å². The Morgan fingerprint density at radius 2 is 1.48 bits per heavy atom. The van der Waals surface area contributed by atoms with E-state index >= 15 is 0 Å². The predicted octanol–water partition coefficient (Wildman–Crippen LogP) is 5.49. The highest BCUT2D eigenvalue weighted by Gasteiger charge is 2.08. The van der Waals surface area contributed by atoms with Crippen LogP contribution in [0.4, 0.5) is 5.69 Å². The molecule has 2 N–H and O–H groups in total. The van der Waals surface area contributed by atoms with Crippen molar-refractivity contribution < 1.29 is 4.42 Å². The van der Waals surface area contributed by atoms with Gasteiger partial charge in [0.1, 0.15) is 11.2 Å². The van der Waals surface area contributed by atoms with Gasteiger partial charge in [-0.15, -0.1) is 0 Å². The molecule has 0 saturated carbocycles. The van der Waals surface area contributed by atoms with E-state index in [1.165, 1.54) is 0 Å². The monoisotopic (exact) mass is 293 g/mol. The molecule has 4 aromatic rings. The van der Waals surface area contributed by atoms with Crippen molar-refractivity contribution in [2.75, 3.05) is 5.73 Å². The zero-order chi connectivity index (χ0) is 14.4. The Bertz CT molecular complexity index is 971. The molecule has 4 rings (SSSR count). The smallest absolute Gasteiger partial charge is 0.135 e. The summed E-state index contributed by atoms with van der Waals surface area (Å²) in [6.07, 6.45) is 0. The van der Waals surface area contributed by atoms with Gasteiger partial charge in [0.25, 0.3) is 0 Å². The number of anilines is 1. The number of rotatable bonds is 1.